The molecule has 0 aromatic heterocycles. The van der Waals surface area contributed by atoms with E-state index in [9.17, 15) is 43.2 Å². The molecule has 0 amide bonds. The molecule has 0 saturated heterocycles. The number of rotatable bonds is 77. The van der Waals surface area contributed by atoms with Gasteiger partial charge in [0.2, 0.25) is 0 Å². The molecule has 104 heavy (non-hydrogen) atoms. The number of phosphoric ester groups is 2. The fourth-order valence-corrected chi connectivity index (χ4v) is 12.5. The molecule has 0 saturated carbocycles. The second-order valence-electron chi connectivity index (χ2n) is 27.3. The van der Waals surface area contributed by atoms with Crippen molar-refractivity contribution < 1.29 is 80.2 Å². The Hall–Kier alpha value is -4.28. The highest BCUT2D eigenvalue weighted by atomic mass is 31.2. The van der Waals surface area contributed by atoms with Gasteiger partial charge >= 0.3 is 39.5 Å². The summed E-state index contributed by atoms with van der Waals surface area (Å²) >= 11 is 0. The Morgan fingerprint density at radius 2 is 0.500 bits per heavy atom. The van der Waals surface area contributed by atoms with E-state index in [0.717, 1.165) is 180 Å². The van der Waals surface area contributed by atoms with Gasteiger partial charge < -0.3 is 33.8 Å². The molecule has 0 rings (SSSR count). The first-order valence-corrected chi connectivity index (χ1v) is 44.1. The van der Waals surface area contributed by atoms with Crippen molar-refractivity contribution in [1.29, 1.82) is 0 Å². The van der Waals surface area contributed by atoms with E-state index in [1.165, 1.54) is 89.9 Å². The van der Waals surface area contributed by atoms with E-state index in [1.807, 2.05) is 0 Å². The van der Waals surface area contributed by atoms with Gasteiger partial charge in [-0.05, 0) is 135 Å². The summed E-state index contributed by atoms with van der Waals surface area (Å²) in [6.07, 6.45) is 83.4. The first-order valence-electron chi connectivity index (χ1n) is 41.1. The third-order valence-electron chi connectivity index (χ3n) is 17.2. The highest BCUT2D eigenvalue weighted by molar-refractivity contribution is 7.47. The molecular weight excluding hydrogens is 1350 g/mol. The zero-order chi connectivity index (χ0) is 76.0. The predicted molar refractivity (Wildman–Crippen MR) is 427 cm³/mol. The lowest BCUT2D eigenvalue weighted by molar-refractivity contribution is -0.161. The number of hydrogen-bond donors (Lipinski definition) is 3. The average Bonchev–Trinajstić information content (AvgIpc) is 0.918. The Balaban J connectivity index is 5.37. The smallest absolute Gasteiger partial charge is 0.462 e. The normalized spacial score (nSPS) is 14.4. The maximum atomic E-state index is 13.1. The minimum Gasteiger partial charge on any atom is -0.462 e. The van der Waals surface area contributed by atoms with Crippen molar-refractivity contribution in [1.82, 2.24) is 0 Å². The van der Waals surface area contributed by atoms with Gasteiger partial charge in [-0.15, -0.1) is 0 Å². The Bertz CT molecular complexity index is 2390. The molecule has 0 aromatic rings. The fraction of sp³-hybridized carbons (Fsp3) is 0.741. The van der Waals surface area contributed by atoms with Gasteiger partial charge in [-0.1, -0.05) is 298 Å². The van der Waals surface area contributed by atoms with Crippen LogP contribution in [0.3, 0.4) is 0 Å². The SMILES string of the molecule is CC/C=C\C/C=C\C/C=C\C/C=C\CCCCCCC(=O)OCC(COP(=O)(O)OCC(O)COP(=O)(O)OCC(COC(=O)CCCCCCCC/C=C\C/C=C\C/C=C\CCCCC)OC(=O)CCCCCCC/C=C\C/C=C\CCCCC)OC(=O)CCCCCCCCCCCCCCC. The van der Waals surface area contributed by atoms with Crippen molar-refractivity contribution in [3.63, 3.8) is 0 Å². The zero-order valence-corrected chi connectivity index (χ0v) is 67.5. The van der Waals surface area contributed by atoms with Gasteiger partial charge in [0.25, 0.3) is 0 Å². The predicted octanol–water partition coefficient (Wildman–Crippen LogP) is 24.1. The van der Waals surface area contributed by atoms with Gasteiger partial charge in [-0.2, -0.15) is 0 Å². The van der Waals surface area contributed by atoms with Crippen LogP contribution in [0.15, 0.2) is 109 Å². The summed E-state index contributed by atoms with van der Waals surface area (Å²) in [5.74, 6) is -2.21. The average molecular weight is 1500 g/mol. The lowest BCUT2D eigenvalue weighted by Gasteiger charge is -2.21. The van der Waals surface area contributed by atoms with Crippen molar-refractivity contribution in [2.75, 3.05) is 39.6 Å². The van der Waals surface area contributed by atoms with Crippen LogP contribution in [0, 0.1) is 0 Å². The van der Waals surface area contributed by atoms with Gasteiger partial charge in [-0.3, -0.25) is 37.3 Å². The third kappa shape index (κ3) is 75.9. The number of phosphoric acid groups is 2. The summed E-state index contributed by atoms with van der Waals surface area (Å²) < 4.78 is 68.7. The lowest BCUT2D eigenvalue weighted by atomic mass is 10.0. The minimum absolute atomic E-state index is 0.0753. The maximum absolute atomic E-state index is 13.1. The highest BCUT2D eigenvalue weighted by Crippen LogP contribution is 2.45. The van der Waals surface area contributed by atoms with Crippen LogP contribution >= 0.6 is 15.6 Å². The zero-order valence-electron chi connectivity index (χ0n) is 65.7. The molecule has 0 aromatic carbocycles. The summed E-state index contributed by atoms with van der Waals surface area (Å²) in [5.41, 5.74) is 0. The molecule has 0 bridgehead atoms. The molecule has 5 unspecified atom stereocenters. The minimum atomic E-state index is -4.99. The van der Waals surface area contributed by atoms with Gasteiger partial charge in [0.05, 0.1) is 26.4 Å². The van der Waals surface area contributed by atoms with Crippen molar-refractivity contribution in [3.05, 3.63) is 109 Å². The van der Waals surface area contributed by atoms with Gasteiger partial charge in [0, 0.05) is 25.7 Å². The summed E-state index contributed by atoms with van der Waals surface area (Å²) in [7, 11) is -9.97. The van der Waals surface area contributed by atoms with Crippen molar-refractivity contribution in [2.24, 2.45) is 0 Å². The van der Waals surface area contributed by atoms with Crippen LogP contribution in [0.4, 0.5) is 0 Å². The fourth-order valence-electron chi connectivity index (χ4n) is 11.0. The number of aliphatic hydroxyl groups excluding tert-OH is 1. The first-order chi connectivity index (χ1) is 50.7. The topological polar surface area (TPSA) is 237 Å². The van der Waals surface area contributed by atoms with E-state index in [1.54, 1.807) is 0 Å². The van der Waals surface area contributed by atoms with Crippen molar-refractivity contribution in [2.45, 2.75) is 367 Å². The quantitative estimate of drug-likeness (QED) is 0.0169. The van der Waals surface area contributed by atoms with E-state index in [0.29, 0.717) is 25.7 Å². The second-order valence-corrected chi connectivity index (χ2v) is 30.2. The molecule has 17 nitrogen and oxygen atoms in total. The number of carbonyl (C=O) groups excluding carboxylic acids is 4. The van der Waals surface area contributed by atoms with Crippen LogP contribution in [0.2, 0.25) is 0 Å². The maximum Gasteiger partial charge on any atom is 0.472 e. The third-order valence-corrected chi connectivity index (χ3v) is 19.1. The molecule has 3 N–H and O–H groups in total. The van der Waals surface area contributed by atoms with Crippen LogP contribution in [-0.4, -0.2) is 96.7 Å². The molecule has 600 valence electrons. The molecule has 0 heterocycles. The number of hydrogen-bond acceptors (Lipinski definition) is 15. The van der Waals surface area contributed by atoms with Gasteiger partial charge in [-0.25, -0.2) is 9.13 Å². The number of unbranched alkanes of at least 4 members (excludes halogenated alkanes) is 33. The Labute approximate surface area is 632 Å². The Kier molecular flexibility index (Phi) is 73.7. The molecular formula is C85H148O17P2. The van der Waals surface area contributed by atoms with Crippen LogP contribution < -0.4 is 0 Å². The Morgan fingerprint density at radius 3 is 0.788 bits per heavy atom. The van der Waals surface area contributed by atoms with Gasteiger partial charge in [0.1, 0.15) is 19.3 Å². The molecule has 0 fully saturated rings. The van der Waals surface area contributed by atoms with E-state index in [-0.39, 0.29) is 25.7 Å². The van der Waals surface area contributed by atoms with E-state index in [2.05, 4.69) is 137 Å². The largest absolute Gasteiger partial charge is 0.472 e. The number of aliphatic hydroxyl groups is 1. The monoisotopic (exact) mass is 1500 g/mol. The number of carbonyl (C=O) groups is 4. The lowest BCUT2D eigenvalue weighted by Crippen LogP contribution is -2.30. The molecule has 0 aliphatic heterocycles. The van der Waals surface area contributed by atoms with Crippen LogP contribution in [0.1, 0.15) is 349 Å². The molecule has 0 radical (unpaired) electrons. The molecule has 0 spiro atoms. The highest BCUT2D eigenvalue weighted by Gasteiger charge is 2.30. The molecule has 19 heteroatoms. The van der Waals surface area contributed by atoms with Crippen molar-refractivity contribution in [3.8, 4) is 0 Å². The molecule has 0 aliphatic rings. The number of esters is 4. The number of allylic oxidation sites excluding steroid dienone is 18. The second kappa shape index (κ2) is 76.9. The molecule has 0 aliphatic carbocycles. The standard InChI is InChI=1S/C85H148O17P2/c1-5-9-13-17-21-25-29-33-36-38-39-41-44-47-50-54-58-62-66-70-83(88)96-76-81(102-85(90)72-68-64-60-56-52-48-42-35-31-27-23-19-15-11-7-3)78-100-104(93,94)98-74-79(86)73-97-103(91,92)99-77-80(101-84(89)71-67-63-59-55-51-45-32-28-24-20-16-12-8-4)75-95-82(87)69-65-61-57-53-49-46-43-40-37-34-30-26-22-18-14-10-6-2/h10,14,21-23,25-27,33-37,39,41-43,46,79-81,86H,5-9,11-13,15-20,24,28-32,38,40,44-45,47-78H2,1-4H3,(H,91,92)(H,93,94)/b14-10-,25-21-,26-22-,27-23-,36-33-,37-34-,41-39-,42-35-,46-43-. The van der Waals surface area contributed by atoms with Gasteiger partial charge in [0.15, 0.2) is 12.2 Å². The summed E-state index contributed by atoms with van der Waals surface area (Å²) in [6, 6.07) is 0. The summed E-state index contributed by atoms with van der Waals surface area (Å²) in [5, 5.41) is 10.6. The molecule has 5 atom stereocenters. The van der Waals surface area contributed by atoms with E-state index >= 15 is 0 Å². The Morgan fingerprint density at radius 1 is 0.279 bits per heavy atom. The number of ether oxygens (including phenoxy) is 4. The van der Waals surface area contributed by atoms with Crippen LogP contribution in [0.5, 0.6) is 0 Å². The van der Waals surface area contributed by atoms with Crippen LogP contribution in [0.25, 0.3) is 0 Å². The first kappa shape index (κ1) is 99.7. The van der Waals surface area contributed by atoms with Crippen LogP contribution in [-0.2, 0) is 65.4 Å². The van der Waals surface area contributed by atoms with Crippen molar-refractivity contribution >= 4 is 39.5 Å². The summed E-state index contributed by atoms with van der Waals surface area (Å²) in [4.78, 5) is 73.1. The van der Waals surface area contributed by atoms with E-state index in [4.69, 9.17) is 37.0 Å². The summed E-state index contributed by atoms with van der Waals surface area (Å²) in [6.45, 7) is 4.69. The van der Waals surface area contributed by atoms with E-state index < -0.39 is 97.5 Å².